The molecule has 2 rings (SSSR count). The number of hydrogen-bond acceptors (Lipinski definition) is 3. The van der Waals surface area contributed by atoms with Crippen molar-refractivity contribution in [2.45, 2.75) is 39.2 Å². The lowest BCUT2D eigenvalue weighted by atomic mass is 9.81. The van der Waals surface area contributed by atoms with Crippen molar-refractivity contribution in [2.75, 3.05) is 33.2 Å². The highest BCUT2D eigenvalue weighted by Gasteiger charge is 2.37. The van der Waals surface area contributed by atoms with Crippen molar-refractivity contribution in [3.63, 3.8) is 0 Å². The van der Waals surface area contributed by atoms with Crippen LogP contribution in [0.1, 0.15) is 33.1 Å². The van der Waals surface area contributed by atoms with Crippen LogP contribution in [0.4, 0.5) is 0 Å². The van der Waals surface area contributed by atoms with Crippen molar-refractivity contribution in [1.82, 2.24) is 9.80 Å². The summed E-state index contributed by atoms with van der Waals surface area (Å²) in [5.74, 6) is 0.799. The number of amides is 1. The van der Waals surface area contributed by atoms with Crippen molar-refractivity contribution in [1.29, 1.82) is 0 Å². The third-order valence-corrected chi connectivity index (χ3v) is 4.48. The van der Waals surface area contributed by atoms with E-state index in [0.717, 1.165) is 19.5 Å². The zero-order valence-electron chi connectivity index (χ0n) is 11.9. The SMILES string of the molecule is CN1CCC(CC(=O)N2CCC(O)C(C)(C)C2)C1. The molecule has 2 saturated heterocycles. The zero-order chi connectivity index (χ0) is 13.3. The Balaban J connectivity index is 1.86. The predicted molar refractivity (Wildman–Crippen MR) is 71.2 cm³/mol. The van der Waals surface area contributed by atoms with Gasteiger partial charge in [-0.1, -0.05) is 13.8 Å². The molecule has 2 fully saturated rings. The van der Waals surface area contributed by atoms with E-state index >= 15 is 0 Å². The summed E-state index contributed by atoms with van der Waals surface area (Å²) in [7, 11) is 2.12. The summed E-state index contributed by atoms with van der Waals surface area (Å²) in [6, 6.07) is 0. The van der Waals surface area contributed by atoms with Crippen molar-refractivity contribution < 1.29 is 9.90 Å². The van der Waals surface area contributed by atoms with Gasteiger partial charge in [-0.05, 0) is 32.4 Å². The Morgan fingerprint density at radius 1 is 1.33 bits per heavy atom. The van der Waals surface area contributed by atoms with Gasteiger partial charge in [0.15, 0.2) is 0 Å². The van der Waals surface area contributed by atoms with Gasteiger partial charge in [-0.2, -0.15) is 0 Å². The molecule has 18 heavy (non-hydrogen) atoms. The molecule has 2 heterocycles. The van der Waals surface area contributed by atoms with E-state index < -0.39 is 0 Å². The molecular formula is C14H26N2O2. The van der Waals surface area contributed by atoms with Crippen molar-refractivity contribution in [3.05, 3.63) is 0 Å². The Kier molecular flexibility index (Phi) is 3.97. The summed E-state index contributed by atoms with van der Waals surface area (Å²) in [6.07, 6.45) is 2.25. The topological polar surface area (TPSA) is 43.8 Å². The van der Waals surface area contributed by atoms with Crippen molar-refractivity contribution in [3.8, 4) is 0 Å². The quantitative estimate of drug-likeness (QED) is 0.798. The van der Waals surface area contributed by atoms with Crippen LogP contribution in [0.25, 0.3) is 0 Å². The molecule has 0 aromatic rings. The van der Waals surface area contributed by atoms with Crippen LogP contribution in [0.15, 0.2) is 0 Å². The maximum atomic E-state index is 12.3. The molecule has 0 saturated carbocycles. The van der Waals surface area contributed by atoms with Crippen LogP contribution < -0.4 is 0 Å². The fourth-order valence-corrected chi connectivity index (χ4v) is 3.13. The molecule has 2 aliphatic heterocycles. The summed E-state index contributed by atoms with van der Waals surface area (Å²) in [5.41, 5.74) is -0.166. The Labute approximate surface area is 110 Å². The van der Waals surface area contributed by atoms with E-state index in [9.17, 15) is 9.90 Å². The van der Waals surface area contributed by atoms with Crippen LogP contribution in [0.3, 0.4) is 0 Å². The minimum absolute atomic E-state index is 0.166. The lowest BCUT2D eigenvalue weighted by Crippen LogP contribution is -2.50. The summed E-state index contributed by atoms with van der Waals surface area (Å²) < 4.78 is 0. The lowest BCUT2D eigenvalue weighted by molar-refractivity contribution is -0.138. The van der Waals surface area contributed by atoms with E-state index in [-0.39, 0.29) is 17.4 Å². The molecule has 4 nitrogen and oxygen atoms in total. The van der Waals surface area contributed by atoms with Crippen LogP contribution in [0.2, 0.25) is 0 Å². The highest BCUT2D eigenvalue weighted by Crippen LogP contribution is 2.30. The van der Waals surface area contributed by atoms with Gasteiger partial charge >= 0.3 is 0 Å². The van der Waals surface area contributed by atoms with Crippen LogP contribution in [-0.2, 0) is 4.79 Å². The second-order valence-electron chi connectivity index (χ2n) is 6.73. The summed E-state index contributed by atoms with van der Waals surface area (Å²) in [4.78, 5) is 16.5. The van der Waals surface area contributed by atoms with Gasteiger partial charge in [-0.15, -0.1) is 0 Å². The maximum Gasteiger partial charge on any atom is 0.222 e. The average molecular weight is 254 g/mol. The van der Waals surface area contributed by atoms with E-state index in [1.165, 1.54) is 0 Å². The first-order chi connectivity index (χ1) is 8.38. The van der Waals surface area contributed by atoms with Crippen LogP contribution >= 0.6 is 0 Å². The minimum Gasteiger partial charge on any atom is -0.392 e. The van der Waals surface area contributed by atoms with Crippen LogP contribution in [-0.4, -0.2) is 60.1 Å². The first-order valence-corrected chi connectivity index (χ1v) is 7.03. The normalized spacial score (nSPS) is 32.8. The molecular weight excluding hydrogens is 228 g/mol. The number of hydrogen-bond donors (Lipinski definition) is 1. The van der Waals surface area contributed by atoms with Gasteiger partial charge in [-0.3, -0.25) is 4.79 Å². The summed E-state index contributed by atoms with van der Waals surface area (Å²) >= 11 is 0. The number of piperidine rings is 1. The molecule has 1 amide bonds. The number of rotatable bonds is 2. The molecule has 2 atom stereocenters. The van der Waals surface area contributed by atoms with E-state index in [1.54, 1.807) is 0 Å². The van der Waals surface area contributed by atoms with Gasteiger partial charge in [0.1, 0.15) is 0 Å². The van der Waals surface area contributed by atoms with E-state index in [1.807, 2.05) is 18.7 Å². The Morgan fingerprint density at radius 3 is 2.61 bits per heavy atom. The van der Waals surface area contributed by atoms with Crippen LogP contribution in [0, 0.1) is 11.3 Å². The average Bonchev–Trinajstić information content (AvgIpc) is 2.68. The number of aliphatic hydroxyl groups excluding tert-OH is 1. The largest absolute Gasteiger partial charge is 0.392 e. The number of carbonyl (C=O) groups is 1. The van der Waals surface area contributed by atoms with E-state index in [2.05, 4.69) is 11.9 Å². The van der Waals surface area contributed by atoms with E-state index in [4.69, 9.17) is 0 Å². The highest BCUT2D eigenvalue weighted by molar-refractivity contribution is 5.76. The highest BCUT2D eigenvalue weighted by atomic mass is 16.3. The van der Waals surface area contributed by atoms with Gasteiger partial charge in [0.2, 0.25) is 5.91 Å². The summed E-state index contributed by atoms with van der Waals surface area (Å²) in [6.45, 7) is 7.65. The predicted octanol–water partition coefficient (Wildman–Crippen LogP) is 0.948. The molecule has 0 aliphatic carbocycles. The minimum atomic E-state index is -0.279. The third-order valence-electron chi connectivity index (χ3n) is 4.48. The molecule has 0 aromatic heterocycles. The van der Waals surface area contributed by atoms with Gasteiger partial charge in [0.05, 0.1) is 6.10 Å². The fourth-order valence-electron chi connectivity index (χ4n) is 3.13. The second kappa shape index (κ2) is 5.17. The molecule has 104 valence electrons. The molecule has 1 N–H and O–H groups in total. The fraction of sp³-hybridized carbons (Fsp3) is 0.929. The molecule has 2 unspecified atom stereocenters. The Hall–Kier alpha value is -0.610. The monoisotopic (exact) mass is 254 g/mol. The van der Waals surface area contributed by atoms with Gasteiger partial charge in [-0.25, -0.2) is 0 Å². The molecule has 0 radical (unpaired) electrons. The molecule has 0 spiro atoms. The number of aliphatic hydroxyl groups is 1. The number of nitrogens with zero attached hydrogens (tertiary/aromatic N) is 2. The smallest absolute Gasteiger partial charge is 0.222 e. The van der Waals surface area contributed by atoms with Gasteiger partial charge in [0, 0.05) is 31.5 Å². The van der Waals surface area contributed by atoms with Crippen molar-refractivity contribution >= 4 is 5.91 Å². The molecule has 2 aliphatic rings. The number of carbonyl (C=O) groups excluding carboxylic acids is 1. The molecule has 0 aromatic carbocycles. The third kappa shape index (κ3) is 3.04. The second-order valence-corrected chi connectivity index (χ2v) is 6.73. The summed E-state index contributed by atoms with van der Waals surface area (Å²) in [5, 5.41) is 9.91. The first kappa shape index (κ1) is 13.8. The zero-order valence-corrected chi connectivity index (χ0v) is 11.9. The van der Waals surface area contributed by atoms with Crippen LogP contribution in [0.5, 0.6) is 0 Å². The first-order valence-electron chi connectivity index (χ1n) is 7.03. The Morgan fingerprint density at radius 2 is 2.06 bits per heavy atom. The lowest BCUT2D eigenvalue weighted by Gasteiger charge is -2.42. The van der Waals surface area contributed by atoms with E-state index in [0.29, 0.717) is 31.8 Å². The molecule has 0 bridgehead atoms. The van der Waals surface area contributed by atoms with Crippen molar-refractivity contribution in [2.24, 2.45) is 11.3 Å². The molecule has 4 heteroatoms. The van der Waals surface area contributed by atoms with Gasteiger partial charge in [0.25, 0.3) is 0 Å². The van der Waals surface area contributed by atoms with Gasteiger partial charge < -0.3 is 14.9 Å². The Bertz CT molecular complexity index is 317. The standard InChI is InChI=1S/C14H26N2O2/c1-14(2)10-16(7-5-12(14)17)13(18)8-11-4-6-15(3)9-11/h11-12,17H,4-10H2,1-3H3. The maximum absolute atomic E-state index is 12.3. The number of likely N-dealkylation sites (tertiary alicyclic amines) is 2.